The predicted molar refractivity (Wildman–Crippen MR) is 59.8 cm³/mol. The molecule has 15 heavy (non-hydrogen) atoms. The average molecular weight is 208 g/mol. The van der Waals surface area contributed by atoms with Gasteiger partial charge >= 0.3 is 0 Å². The number of nitro benzene ring substituents is 1. The molecule has 0 aromatic heterocycles. The molecule has 0 radical (unpaired) electrons. The number of hydrogen-bond acceptors (Lipinski definition) is 3. The van der Waals surface area contributed by atoms with E-state index in [0.717, 1.165) is 12.0 Å². The summed E-state index contributed by atoms with van der Waals surface area (Å²) in [7, 11) is 0. The van der Waals surface area contributed by atoms with Crippen LogP contribution in [0.15, 0.2) is 18.2 Å². The Hall–Kier alpha value is -1.42. The second-order valence-corrected chi connectivity index (χ2v) is 3.86. The van der Waals surface area contributed by atoms with Gasteiger partial charge in [0.2, 0.25) is 0 Å². The van der Waals surface area contributed by atoms with Crippen molar-refractivity contribution < 1.29 is 4.92 Å². The zero-order chi connectivity index (χ0) is 11.4. The van der Waals surface area contributed by atoms with Crippen LogP contribution in [0.1, 0.15) is 24.5 Å². The van der Waals surface area contributed by atoms with Gasteiger partial charge in [0.1, 0.15) is 0 Å². The minimum absolute atomic E-state index is 0.0742. The lowest BCUT2D eigenvalue weighted by molar-refractivity contribution is -0.386. The van der Waals surface area contributed by atoms with E-state index in [-0.39, 0.29) is 16.7 Å². The first kappa shape index (κ1) is 11.7. The van der Waals surface area contributed by atoms with Crippen LogP contribution in [0, 0.1) is 17.0 Å². The molecule has 0 saturated heterocycles. The Kier molecular flexibility index (Phi) is 3.80. The summed E-state index contributed by atoms with van der Waals surface area (Å²) in [5.41, 5.74) is 7.35. The van der Waals surface area contributed by atoms with Crippen LogP contribution in [-0.2, 0) is 6.42 Å². The van der Waals surface area contributed by atoms with Gasteiger partial charge in [-0.05, 0) is 26.7 Å². The van der Waals surface area contributed by atoms with E-state index < -0.39 is 0 Å². The molecule has 1 atom stereocenters. The van der Waals surface area contributed by atoms with Crippen LogP contribution in [-0.4, -0.2) is 11.0 Å². The molecular formula is C11H16N2O2. The molecule has 82 valence electrons. The molecule has 4 nitrogen and oxygen atoms in total. The van der Waals surface area contributed by atoms with Crippen LogP contribution in [0.5, 0.6) is 0 Å². The Bertz CT molecular complexity index is 362. The molecule has 2 N–H and O–H groups in total. The third kappa shape index (κ3) is 3.02. The maximum absolute atomic E-state index is 10.9. The van der Waals surface area contributed by atoms with E-state index in [0.29, 0.717) is 12.0 Å². The first-order chi connectivity index (χ1) is 7.02. The van der Waals surface area contributed by atoms with E-state index >= 15 is 0 Å². The first-order valence-corrected chi connectivity index (χ1v) is 5.01. The summed E-state index contributed by atoms with van der Waals surface area (Å²) in [6.07, 6.45) is 1.43. The van der Waals surface area contributed by atoms with Gasteiger partial charge in [-0.25, -0.2) is 0 Å². The molecule has 0 aliphatic carbocycles. The highest BCUT2D eigenvalue weighted by atomic mass is 16.6. The minimum atomic E-state index is -0.314. The Morgan fingerprint density at radius 3 is 2.73 bits per heavy atom. The summed E-state index contributed by atoms with van der Waals surface area (Å²) in [6, 6.07) is 5.48. The zero-order valence-electron chi connectivity index (χ0n) is 9.06. The number of para-hydroxylation sites is 1. The van der Waals surface area contributed by atoms with Crippen molar-refractivity contribution in [2.75, 3.05) is 0 Å². The lowest BCUT2D eigenvalue weighted by Crippen LogP contribution is -2.15. The van der Waals surface area contributed by atoms with E-state index in [2.05, 4.69) is 0 Å². The fraction of sp³-hybridized carbons (Fsp3) is 0.455. The zero-order valence-corrected chi connectivity index (χ0v) is 9.06. The van der Waals surface area contributed by atoms with Crippen molar-refractivity contribution in [3.05, 3.63) is 39.4 Å². The monoisotopic (exact) mass is 208 g/mol. The van der Waals surface area contributed by atoms with Gasteiger partial charge in [-0.2, -0.15) is 0 Å². The summed E-state index contributed by atoms with van der Waals surface area (Å²) < 4.78 is 0. The number of nitro groups is 1. The Morgan fingerprint density at radius 2 is 2.20 bits per heavy atom. The van der Waals surface area contributed by atoms with Crippen molar-refractivity contribution in [2.24, 2.45) is 5.73 Å². The summed E-state index contributed by atoms with van der Waals surface area (Å²) in [6.45, 7) is 3.66. The number of nitrogens with two attached hydrogens (primary N) is 1. The van der Waals surface area contributed by atoms with E-state index in [9.17, 15) is 10.1 Å². The van der Waals surface area contributed by atoms with Gasteiger partial charge in [0.25, 0.3) is 5.69 Å². The van der Waals surface area contributed by atoms with E-state index in [1.54, 1.807) is 19.1 Å². The second-order valence-electron chi connectivity index (χ2n) is 3.86. The number of benzene rings is 1. The topological polar surface area (TPSA) is 69.2 Å². The van der Waals surface area contributed by atoms with Crippen molar-refractivity contribution in [1.29, 1.82) is 0 Å². The molecule has 0 fully saturated rings. The number of hydrogen-bond donors (Lipinski definition) is 1. The molecule has 0 bridgehead atoms. The van der Waals surface area contributed by atoms with Crippen molar-refractivity contribution in [3.8, 4) is 0 Å². The molecule has 0 aliphatic rings. The molecular weight excluding hydrogens is 192 g/mol. The summed E-state index contributed by atoms with van der Waals surface area (Å²) in [5.74, 6) is 0. The van der Waals surface area contributed by atoms with Gasteiger partial charge in [-0.15, -0.1) is 0 Å². The highest BCUT2D eigenvalue weighted by Gasteiger charge is 2.16. The van der Waals surface area contributed by atoms with Gasteiger partial charge in [-0.1, -0.05) is 18.2 Å². The smallest absolute Gasteiger partial charge is 0.275 e. The van der Waals surface area contributed by atoms with Crippen LogP contribution in [0.4, 0.5) is 5.69 Å². The predicted octanol–water partition coefficient (Wildman–Crippen LogP) is 2.18. The number of aryl methyl sites for hydroxylation is 2. The molecule has 1 aromatic carbocycles. The molecule has 4 heteroatoms. The molecule has 0 amide bonds. The SMILES string of the molecule is Cc1cccc(CC[C@@H](C)N)c1[N+](=O)[O-]. The standard InChI is InChI=1S/C11H16N2O2/c1-8-4-3-5-10(7-6-9(2)12)11(8)13(14)15/h3-5,9H,6-7,12H2,1-2H3/t9-/m1/s1. The molecule has 0 unspecified atom stereocenters. The van der Waals surface area contributed by atoms with Gasteiger partial charge in [0.15, 0.2) is 0 Å². The van der Waals surface area contributed by atoms with E-state index in [4.69, 9.17) is 5.73 Å². The van der Waals surface area contributed by atoms with Crippen molar-refractivity contribution in [3.63, 3.8) is 0 Å². The lowest BCUT2D eigenvalue weighted by atomic mass is 10.0. The maximum atomic E-state index is 10.9. The van der Waals surface area contributed by atoms with Gasteiger partial charge < -0.3 is 5.73 Å². The summed E-state index contributed by atoms with van der Waals surface area (Å²) >= 11 is 0. The normalized spacial score (nSPS) is 12.5. The Balaban J connectivity index is 2.96. The molecule has 0 aliphatic heterocycles. The number of nitrogens with zero attached hydrogens (tertiary/aromatic N) is 1. The average Bonchev–Trinajstić information content (AvgIpc) is 2.13. The van der Waals surface area contributed by atoms with Crippen LogP contribution in [0.3, 0.4) is 0 Å². The number of rotatable bonds is 4. The third-order valence-electron chi connectivity index (χ3n) is 2.37. The lowest BCUT2D eigenvalue weighted by Gasteiger charge is -2.07. The van der Waals surface area contributed by atoms with Gasteiger partial charge in [-0.3, -0.25) is 10.1 Å². The Morgan fingerprint density at radius 1 is 1.53 bits per heavy atom. The van der Waals surface area contributed by atoms with Crippen LogP contribution >= 0.6 is 0 Å². The molecule has 0 heterocycles. The minimum Gasteiger partial charge on any atom is -0.328 e. The first-order valence-electron chi connectivity index (χ1n) is 5.01. The molecule has 1 aromatic rings. The molecule has 0 saturated carbocycles. The van der Waals surface area contributed by atoms with E-state index in [1.807, 2.05) is 13.0 Å². The van der Waals surface area contributed by atoms with Gasteiger partial charge in [0.05, 0.1) is 4.92 Å². The third-order valence-corrected chi connectivity index (χ3v) is 2.37. The van der Waals surface area contributed by atoms with Crippen molar-refractivity contribution in [2.45, 2.75) is 32.7 Å². The second kappa shape index (κ2) is 4.89. The van der Waals surface area contributed by atoms with E-state index in [1.165, 1.54) is 0 Å². The summed E-state index contributed by atoms with van der Waals surface area (Å²) in [5, 5.41) is 10.9. The highest BCUT2D eigenvalue weighted by Crippen LogP contribution is 2.24. The van der Waals surface area contributed by atoms with Crippen molar-refractivity contribution >= 4 is 5.69 Å². The molecule has 1 rings (SSSR count). The molecule has 0 spiro atoms. The summed E-state index contributed by atoms with van der Waals surface area (Å²) in [4.78, 5) is 10.5. The van der Waals surface area contributed by atoms with Crippen LogP contribution in [0.2, 0.25) is 0 Å². The van der Waals surface area contributed by atoms with Crippen molar-refractivity contribution in [1.82, 2.24) is 0 Å². The largest absolute Gasteiger partial charge is 0.328 e. The van der Waals surface area contributed by atoms with Crippen LogP contribution in [0.25, 0.3) is 0 Å². The quantitative estimate of drug-likeness (QED) is 0.609. The Labute approximate surface area is 89.2 Å². The fourth-order valence-corrected chi connectivity index (χ4v) is 1.57. The highest BCUT2D eigenvalue weighted by molar-refractivity contribution is 5.47. The fourth-order valence-electron chi connectivity index (χ4n) is 1.57. The van der Waals surface area contributed by atoms with Crippen LogP contribution < -0.4 is 5.73 Å². The maximum Gasteiger partial charge on any atom is 0.275 e. The van der Waals surface area contributed by atoms with Gasteiger partial charge in [0, 0.05) is 17.2 Å².